The van der Waals surface area contributed by atoms with Crippen LogP contribution in [0.15, 0.2) is 35.9 Å². The predicted octanol–water partition coefficient (Wildman–Crippen LogP) is 3.79. The molecule has 0 spiro atoms. The number of likely N-dealkylation sites (tertiary alicyclic amines) is 1. The van der Waals surface area contributed by atoms with Gasteiger partial charge in [-0.25, -0.2) is 0 Å². The summed E-state index contributed by atoms with van der Waals surface area (Å²) in [5.41, 5.74) is 2.79. The van der Waals surface area contributed by atoms with Gasteiger partial charge in [0.1, 0.15) is 5.76 Å². The first-order valence-electron chi connectivity index (χ1n) is 10.9. The van der Waals surface area contributed by atoms with E-state index in [4.69, 9.17) is 18.9 Å². The number of aryl methyl sites for hydroxylation is 2. The van der Waals surface area contributed by atoms with E-state index < -0.39 is 17.7 Å². The molecule has 1 saturated heterocycles. The summed E-state index contributed by atoms with van der Waals surface area (Å²) in [7, 11) is 6.06. The van der Waals surface area contributed by atoms with Crippen molar-refractivity contribution in [1.29, 1.82) is 0 Å². The Morgan fingerprint density at radius 3 is 2.18 bits per heavy atom. The van der Waals surface area contributed by atoms with Crippen LogP contribution in [0.1, 0.15) is 34.7 Å². The second-order valence-electron chi connectivity index (χ2n) is 8.12. The minimum absolute atomic E-state index is 0.0189. The lowest BCUT2D eigenvalue weighted by atomic mass is 9.93. The number of carbonyl (C=O) groups excluding carboxylic acids is 2. The van der Waals surface area contributed by atoms with Crippen molar-refractivity contribution < 1.29 is 33.6 Å². The Morgan fingerprint density at radius 2 is 1.62 bits per heavy atom. The summed E-state index contributed by atoms with van der Waals surface area (Å²) in [6, 6.07) is 8.13. The number of amides is 1. The topological polar surface area (TPSA) is 94.5 Å². The van der Waals surface area contributed by atoms with Gasteiger partial charge in [-0.15, -0.1) is 0 Å². The molecular weight excluding hydrogens is 438 g/mol. The second kappa shape index (κ2) is 10.6. The predicted molar refractivity (Wildman–Crippen MR) is 128 cm³/mol. The normalized spacial score (nSPS) is 17.2. The second-order valence-corrected chi connectivity index (χ2v) is 8.12. The summed E-state index contributed by atoms with van der Waals surface area (Å²) < 4.78 is 21.5. The lowest BCUT2D eigenvalue weighted by molar-refractivity contribution is -0.140. The highest BCUT2D eigenvalue weighted by atomic mass is 16.5. The highest BCUT2D eigenvalue weighted by Gasteiger charge is 2.46. The molecule has 2 aromatic rings. The van der Waals surface area contributed by atoms with Gasteiger partial charge >= 0.3 is 0 Å². The molecule has 8 heteroatoms. The summed E-state index contributed by atoms with van der Waals surface area (Å²) in [6.45, 7) is 4.43. The van der Waals surface area contributed by atoms with Crippen LogP contribution in [0.4, 0.5) is 0 Å². The zero-order valence-electron chi connectivity index (χ0n) is 20.4. The van der Waals surface area contributed by atoms with Gasteiger partial charge in [-0.05, 0) is 49.6 Å². The van der Waals surface area contributed by atoms with E-state index in [1.807, 2.05) is 26.0 Å². The summed E-state index contributed by atoms with van der Waals surface area (Å²) in [5.74, 6) is -0.486. The third-order valence-corrected chi connectivity index (χ3v) is 5.94. The Balaban J connectivity index is 2.27. The Hall–Kier alpha value is -3.52. The van der Waals surface area contributed by atoms with Crippen molar-refractivity contribution in [2.45, 2.75) is 26.3 Å². The summed E-state index contributed by atoms with van der Waals surface area (Å²) in [6.07, 6.45) is 0.522. The van der Waals surface area contributed by atoms with E-state index in [0.717, 1.165) is 11.1 Å². The molecule has 1 amide bonds. The molecule has 1 fully saturated rings. The molecule has 3 rings (SSSR count). The lowest BCUT2D eigenvalue weighted by Crippen LogP contribution is -2.31. The molecule has 0 bridgehead atoms. The molecule has 8 nitrogen and oxygen atoms in total. The number of aliphatic hydroxyl groups excluding tert-OH is 1. The highest BCUT2D eigenvalue weighted by molar-refractivity contribution is 6.46. The number of ketones is 1. The molecule has 1 aliphatic heterocycles. The van der Waals surface area contributed by atoms with Crippen molar-refractivity contribution >= 4 is 17.4 Å². The van der Waals surface area contributed by atoms with Crippen LogP contribution in [0.5, 0.6) is 17.2 Å². The molecule has 0 aliphatic carbocycles. The van der Waals surface area contributed by atoms with Crippen molar-refractivity contribution in [2.75, 3.05) is 41.6 Å². The van der Waals surface area contributed by atoms with Gasteiger partial charge in [-0.1, -0.05) is 17.7 Å². The number of carbonyl (C=O) groups is 2. The minimum atomic E-state index is -0.842. The highest BCUT2D eigenvalue weighted by Crippen LogP contribution is 2.46. The first-order valence-corrected chi connectivity index (χ1v) is 10.9. The number of nitrogens with zero attached hydrogens (tertiary/aromatic N) is 1. The fourth-order valence-electron chi connectivity index (χ4n) is 4.23. The smallest absolute Gasteiger partial charge is 0.295 e. The summed E-state index contributed by atoms with van der Waals surface area (Å²) >= 11 is 0. The van der Waals surface area contributed by atoms with E-state index in [1.165, 1.54) is 26.2 Å². The third kappa shape index (κ3) is 4.59. The molecule has 1 heterocycles. The fourth-order valence-corrected chi connectivity index (χ4v) is 4.23. The zero-order chi connectivity index (χ0) is 25.0. The zero-order valence-corrected chi connectivity index (χ0v) is 20.4. The average molecular weight is 470 g/mol. The Bertz CT molecular complexity index is 1100. The molecule has 1 unspecified atom stereocenters. The number of rotatable bonds is 9. The molecule has 0 saturated carbocycles. The fraction of sp³-hybridized carbons (Fsp3) is 0.385. The van der Waals surface area contributed by atoms with Gasteiger partial charge in [-0.3, -0.25) is 9.59 Å². The van der Waals surface area contributed by atoms with Crippen LogP contribution in [-0.4, -0.2) is 63.3 Å². The lowest BCUT2D eigenvalue weighted by Gasteiger charge is -2.26. The Kier molecular flexibility index (Phi) is 7.83. The van der Waals surface area contributed by atoms with Crippen LogP contribution in [0, 0.1) is 13.8 Å². The van der Waals surface area contributed by atoms with E-state index in [1.54, 1.807) is 25.3 Å². The minimum Gasteiger partial charge on any atom is -0.507 e. The first kappa shape index (κ1) is 25.1. The molecule has 182 valence electrons. The van der Waals surface area contributed by atoms with E-state index in [-0.39, 0.29) is 17.9 Å². The Morgan fingerprint density at radius 1 is 0.971 bits per heavy atom. The number of hydrogen-bond acceptors (Lipinski definition) is 7. The van der Waals surface area contributed by atoms with Gasteiger partial charge in [0.05, 0.1) is 32.9 Å². The largest absolute Gasteiger partial charge is 0.507 e. The van der Waals surface area contributed by atoms with Gasteiger partial charge in [-0.2, -0.15) is 0 Å². The van der Waals surface area contributed by atoms with Gasteiger partial charge in [0.25, 0.3) is 11.7 Å². The summed E-state index contributed by atoms with van der Waals surface area (Å²) in [5, 5.41) is 11.4. The third-order valence-electron chi connectivity index (χ3n) is 5.94. The number of ether oxygens (including phenoxy) is 4. The maximum absolute atomic E-state index is 13.2. The van der Waals surface area contributed by atoms with Crippen molar-refractivity contribution in [3.8, 4) is 17.2 Å². The van der Waals surface area contributed by atoms with Crippen LogP contribution in [0.3, 0.4) is 0 Å². The van der Waals surface area contributed by atoms with Crippen LogP contribution < -0.4 is 14.2 Å². The standard InChI is InChI=1S/C26H31NO7/c1-15-8-9-16(2)18(12-15)23(28)21-22(27(10-7-11-31-3)26(30)24(21)29)17-13-19(32-4)25(34-6)20(14-17)33-5/h8-9,12-14,22,28H,7,10-11H2,1-6H3/b23-21+. The molecule has 1 atom stereocenters. The van der Waals surface area contributed by atoms with Crippen molar-refractivity contribution in [2.24, 2.45) is 0 Å². The molecule has 0 radical (unpaired) electrons. The van der Waals surface area contributed by atoms with Crippen LogP contribution >= 0.6 is 0 Å². The van der Waals surface area contributed by atoms with Crippen LogP contribution in [-0.2, 0) is 14.3 Å². The van der Waals surface area contributed by atoms with Crippen LogP contribution in [0.2, 0.25) is 0 Å². The number of aliphatic hydroxyl groups is 1. The van der Waals surface area contributed by atoms with Crippen molar-refractivity contribution in [1.82, 2.24) is 4.90 Å². The number of methoxy groups -OCH3 is 4. The molecule has 0 aromatic heterocycles. The van der Waals surface area contributed by atoms with E-state index in [2.05, 4.69) is 0 Å². The Labute approximate surface area is 199 Å². The van der Waals surface area contributed by atoms with Crippen LogP contribution in [0.25, 0.3) is 5.76 Å². The van der Waals surface area contributed by atoms with E-state index >= 15 is 0 Å². The van der Waals surface area contributed by atoms with Gasteiger partial charge in [0.15, 0.2) is 11.5 Å². The molecular formula is C26H31NO7. The number of benzene rings is 2. The van der Waals surface area contributed by atoms with Gasteiger partial charge in [0, 0.05) is 25.8 Å². The molecule has 1 aliphatic rings. The maximum atomic E-state index is 13.2. The molecule has 34 heavy (non-hydrogen) atoms. The monoisotopic (exact) mass is 469 g/mol. The van der Waals surface area contributed by atoms with E-state index in [0.29, 0.717) is 41.4 Å². The van der Waals surface area contributed by atoms with Gasteiger partial charge < -0.3 is 29.0 Å². The SMILES string of the molecule is COCCCN1C(=O)C(=O)/C(=C(/O)c2cc(C)ccc2C)C1c1cc(OC)c(OC)c(OC)c1. The van der Waals surface area contributed by atoms with E-state index in [9.17, 15) is 14.7 Å². The number of Topliss-reactive ketones (excluding diaryl/α,β-unsaturated/α-hetero) is 1. The van der Waals surface area contributed by atoms with Crippen molar-refractivity contribution in [3.63, 3.8) is 0 Å². The first-order chi connectivity index (χ1) is 16.3. The molecule has 2 aromatic carbocycles. The summed E-state index contributed by atoms with van der Waals surface area (Å²) in [4.78, 5) is 27.8. The van der Waals surface area contributed by atoms with Crippen molar-refractivity contribution in [3.05, 3.63) is 58.2 Å². The number of hydrogen-bond donors (Lipinski definition) is 1. The average Bonchev–Trinajstić information content (AvgIpc) is 3.09. The molecule has 1 N–H and O–H groups in total. The quantitative estimate of drug-likeness (QED) is 0.258. The maximum Gasteiger partial charge on any atom is 0.295 e. The van der Waals surface area contributed by atoms with Gasteiger partial charge in [0.2, 0.25) is 5.75 Å².